The molecule has 0 saturated heterocycles. The molecule has 132 valence electrons. The third-order valence-corrected chi connectivity index (χ3v) is 4.70. The maximum atomic E-state index is 14.6. The van der Waals surface area contributed by atoms with Crippen LogP contribution in [0, 0.1) is 18.2 Å². The number of halogens is 2. The minimum absolute atomic E-state index is 0.0221. The van der Waals surface area contributed by atoms with Crippen LogP contribution in [-0.4, -0.2) is 25.6 Å². The Bertz CT molecular complexity index is 929. The molecule has 3 aromatic rings. The van der Waals surface area contributed by atoms with Gasteiger partial charge in [0, 0.05) is 11.6 Å². The Morgan fingerprint density at radius 3 is 2.64 bits per heavy atom. The van der Waals surface area contributed by atoms with E-state index in [1.54, 1.807) is 10.6 Å². The van der Waals surface area contributed by atoms with Gasteiger partial charge in [-0.3, -0.25) is 0 Å². The molecule has 1 atom stereocenters. The number of nitrogens with one attached hydrogen (secondary N) is 1. The molecule has 0 saturated carbocycles. The molecule has 0 aliphatic rings. The highest BCUT2D eigenvalue weighted by Gasteiger charge is 2.25. The highest BCUT2D eigenvalue weighted by atomic mass is 35.5. The Labute approximate surface area is 151 Å². The Balaban J connectivity index is 2.26. The number of hydrogen-bond donors (Lipinski definition) is 1. The van der Waals surface area contributed by atoms with Crippen LogP contribution < -0.4 is 5.32 Å². The van der Waals surface area contributed by atoms with E-state index in [4.69, 9.17) is 11.6 Å². The monoisotopic (exact) mass is 361 g/mol. The molecule has 2 aromatic heterocycles. The fourth-order valence-electron chi connectivity index (χ4n) is 2.43. The Morgan fingerprint density at radius 2 is 2.00 bits per heavy atom. The summed E-state index contributed by atoms with van der Waals surface area (Å²) in [6.07, 6.45) is 1.40. The van der Waals surface area contributed by atoms with Crippen LogP contribution in [0.3, 0.4) is 0 Å². The zero-order valence-corrected chi connectivity index (χ0v) is 15.7. The van der Waals surface area contributed by atoms with E-state index < -0.39 is 0 Å². The minimum atomic E-state index is -0.352. The molecule has 0 bridgehead atoms. The summed E-state index contributed by atoms with van der Waals surface area (Å²) in [7, 11) is 0. The van der Waals surface area contributed by atoms with Crippen LogP contribution >= 0.6 is 11.6 Å². The number of aryl methyl sites for hydroxylation is 1. The van der Waals surface area contributed by atoms with Crippen molar-refractivity contribution in [1.29, 1.82) is 0 Å². The fraction of sp³-hybridized carbons (Fsp3) is 0.389. The average molecular weight is 362 g/mol. The summed E-state index contributed by atoms with van der Waals surface area (Å²) in [5.74, 6) is 0.595. The minimum Gasteiger partial charge on any atom is -0.366 e. The van der Waals surface area contributed by atoms with Gasteiger partial charge in [-0.05, 0) is 30.9 Å². The molecule has 0 aliphatic heterocycles. The van der Waals surface area contributed by atoms with Crippen molar-refractivity contribution in [3.63, 3.8) is 0 Å². The van der Waals surface area contributed by atoms with E-state index in [0.717, 1.165) is 5.56 Å². The first kappa shape index (κ1) is 17.6. The van der Waals surface area contributed by atoms with Gasteiger partial charge in [0.1, 0.15) is 23.1 Å². The summed E-state index contributed by atoms with van der Waals surface area (Å²) in [6, 6.07) is 5.11. The second-order valence-corrected chi connectivity index (χ2v) is 7.67. The average Bonchev–Trinajstić information content (AvgIpc) is 2.95. The van der Waals surface area contributed by atoms with Gasteiger partial charge >= 0.3 is 0 Å². The van der Waals surface area contributed by atoms with Crippen molar-refractivity contribution in [1.82, 2.24) is 19.6 Å². The Morgan fingerprint density at radius 1 is 1.28 bits per heavy atom. The first-order valence-corrected chi connectivity index (χ1v) is 8.48. The molecule has 0 radical (unpaired) electrons. The molecule has 1 N–H and O–H groups in total. The predicted octanol–water partition coefficient (Wildman–Crippen LogP) is 4.74. The molecule has 0 spiro atoms. The van der Waals surface area contributed by atoms with E-state index in [2.05, 4.69) is 48.1 Å². The number of benzene rings is 1. The number of aromatic nitrogens is 4. The standard InChI is InChI=1S/C18H21ClFN5/c1-10-6-7-12(13(20)8-10)14-15(19)24-17-21-9-22-25(17)16(14)23-11(2)18(3,4)5/h6-9,11,23H,1-5H3/t11-/m1/s1. The van der Waals surface area contributed by atoms with Crippen molar-refractivity contribution in [2.24, 2.45) is 5.41 Å². The van der Waals surface area contributed by atoms with Crippen molar-refractivity contribution >= 4 is 23.2 Å². The summed E-state index contributed by atoms with van der Waals surface area (Å²) in [6.45, 7) is 10.3. The van der Waals surface area contributed by atoms with Crippen LogP contribution in [0.2, 0.25) is 5.15 Å². The first-order chi connectivity index (χ1) is 11.7. The van der Waals surface area contributed by atoms with Crippen LogP contribution in [0.4, 0.5) is 10.2 Å². The van der Waals surface area contributed by atoms with Crippen LogP contribution in [0.1, 0.15) is 33.3 Å². The van der Waals surface area contributed by atoms with Gasteiger partial charge in [-0.2, -0.15) is 19.6 Å². The topological polar surface area (TPSA) is 55.1 Å². The number of fused-ring (bicyclic) bond motifs is 1. The van der Waals surface area contributed by atoms with Crippen LogP contribution in [0.25, 0.3) is 16.9 Å². The predicted molar refractivity (Wildman–Crippen MR) is 98.5 cm³/mol. The lowest BCUT2D eigenvalue weighted by atomic mass is 9.88. The summed E-state index contributed by atoms with van der Waals surface area (Å²) in [5, 5.41) is 7.84. The number of anilines is 1. The molecule has 2 heterocycles. The van der Waals surface area contributed by atoms with Crippen LogP contribution in [0.15, 0.2) is 24.5 Å². The highest BCUT2D eigenvalue weighted by molar-refractivity contribution is 6.33. The first-order valence-electron chi connectivity index (χ1n) is 8.11. The number of nitrogens with zero attached hydrogens (tertiary/aromatic N) is 4. The Hall–Kier alpha value is -2.21. The summed E-state index contributed by atoms with van der Waals surface area (Å²) in [4.78, 5) is 8.36. The third-order valence-electron chi connectivity index (χ3n) is 4.43. The SMILES string of the molecule is Cc1ccc(-c2c(Cl)nc3ncnn3c2N[C@H](C)C(C)(C)C)c(F)c1. The van der Waals surface area contributed by atoms with E-state index in [1.165, 1.54) is 12.4 Å². The van der Waals surface area contributed by atoms with Crippen LogP contribution in [-0.2, 0) is 0 Å². The molecule has 0 unspecified atom stereocenters. The van der Waals surface area contributed by atoms with Gasteiger partial charge in [0.2, 0.25) is 0 Å². The molecule has 5 nitrogen and oxygen atoms in total. The maximum absolute atomic E-state index is 14.6. The van der Waals surface area contributed by atoms with Gasteiger partial charge in [-0.25, -0.2) is 4.39 Å². The Kier molecular flexibility index (Phi) is 4.41. The van der Waals surface area contributed by atoms with Gasteiger partial charge < -0.3 is 5.32 Å². The summed E-state index contributed by atoms with van der Waals surface area (Å²) in [5.41, 5.74) is 1.67. The molecular weight excluding hydrogens is 341 g/mol. The smallest absolute Gasteiger partial charge is 0.255 e. The van der Waals surface area contributed by atoms with Gasteiger partial charge in [0.25, 0.3) is 5.78 Å². The molecule has 0 fully saturated rings. The maximum Gasteiger partial charge on any atom is 0.255 e. The lowest BCUT2D eigenvalue weighted by Crippen LogP contribution is -2.32. The molecule has 7 heteroatoms. The van der Waals surface area contributed by atoms with E-state index in [-0.39, 0.29) is 22.4 Å². The lowest BCUT2D eigenvalue weighted by Gasteiger charge is -2.30. The normalized spacial score (nSPS) is 13.2. The van der Waals surface area contributed by atoms with Crippen molar-refractivity contribution in [2.45, 2.75) is 40.7 Å². The van der Waals surface area contributed by atoms with Gasteiger partial charge in [-0.1, -0.05) is 44.5 Å². The highest BCUT2D eigenvalue weighted by Crippen LogP contribution is 2.37. The van der Waals surface area contributed by atoms with Gasteiger partial charge in [-0.15, -0.1) is 0 Å². The fourth-order valence-corrected chi connectivity index (χ4v) is 2.70. The molecule has 0 amide bonds. The van der Waals surface area contributed by atoms with E-state index in [0.29, 0.717) is 22.7 Å². The second kappa shape index (κ2) is 6.26. The second-order valence-electron chi connectivity index (χ2n) is 7.31. The molecule has 0 aliphatic carbocycles. The quantitative estimate of drug-likeness (QED) is 0.684. The van der Waals surface area contributed by atoms with Crippen molar-refractivity contribution in [3.8, 4) is 11.1 Å². The van der Waals surface area contributed by atoms with E-state index in [1.807, 2.05) is 13.0 Å². The molecular formula is C18H21ClFN5. The van der Waals surface area contributed by atoms with E-state index in [9.17, 15) is 4.39 Å². The zero-order valence-electron chi connectivity index (χ0n) is 14.9. The number of rotatable bonds is 3. The van der Waals surface area contributed by atoms with E-state index >= 15 is 0 Å². The lowest BCUT2D eigenvalue weighted by molar-refractivity contribution is 0.358. The van der Waals surface area contributed by atoms with Gasteiger partial charge in [0.05, 0.1) is 5.56 Å². The number of hydrogen-bond acceptors (Lipinski definition) is 4. The van der Waals surface area contributed by atoms with Crippen molar-refractivity contribution < 1.29 is 4.39 Å². The molecule has 3 rings (SSSR count). The zero-order chi connectivity index (χ0) is 18.4. The van der Waals surface area contributed by atoms with Crippen molar-refractivity contribution in [3.05, 3.63) is 41.1 Å². The largest absolute Gasteiger partial charge is 0.366 e. The van der Waals surface area contributed by atoms with Crippen molar-refractivity contribution in [2.75, 3.05) is 5.32 Å². The molecule has 25 heavy (non-hydrogen) atoms. The summed E-state index contributed by atoms with van der Waals surface area (Å²) >= 11 is 6.41. The summed E-state index contributed by atoms with van der Waals surface area (Å²) < 4.78 is 16.2. The van der Waals surface area contributed by atoms with Gasteiger partial charge in [0.15, 0.2) is 0 Å². The molecule has 1 aromatic carbocycles. The third kappa shape index (κ3) is 3.31. The van der Waals surface area contributed by atoms with Crippen LogP contribution in [0.5, 0.6) is 0 Å².